The highest BCUT2D eigenvalue weighted by Gasteiger charge is 2.51. The van der Waals surface area contributed by atoms with Crippen LogP contribution in [0.2, 0.25) is 0 Å². The number of nitrogens with zero attached hydrogens (tertiary/aromatic N) is 1. The van der Waals surface area contributed by atoms with E-state index in [1.54, 1.807) is 0 Å². The summed E-state index contributed by atoms with van der Waals surface area (Å²) in [5, 5.41) is 2.38. The summed E-state index contributed by atoms with van der Waals surface area (Å²) in [6, 6.07) is 49.6. The van der Waals surface area contributed by atoms with Crippen molar-refractivity contribution in [2.24, 2.45) is 17.8 Å². The lowest BCUT2D eigenvalue weighted by atomic mass is 9.48. The van der Waals surface area contributed by atoms with Crippen LogP contribution in [0, 0.1) is 17.8 Å². The van der Waals surface area contributed by atoms with E-state index in [1.807, 2.05) is 0 Å². The quantitative estimate of drug-likeness (QED) is 0.183. The van der Waals surface area contributed by atoms with Gasteiger partial charge in [-0.1, -0.05) is 105 Å². The van der Waals surface area contributed by atoms with Gasteiger partial charge in [0.1, 0.15) is 11.2 Å². The molecule has 0 unspecified atom stereocenters. The van der Waals surface area contributed by atoms with Gasteiger partial charge in [0.25, 0.3) is 0 Å². The Bertz CT molecular complexity index is 2450. The van der Waals surface area contributed by atoms with Crippen LogP contribution in [0.3, 0.4) is 0 Å². The van der Waals surface area contributed by atoms with Crippen molar-refractivity contribution in [1.82, 2.24) is 0 Å². The van der Waals surface area contributed by atoms with Gasteiger partial charge < -0.3 is 9.32 Å². The number of anilines is 3. The summed E-state index contributed by atoms with van der Waals surface area (Å²) in [4.78, 5) is 2.46. The zero-order valence-corrected chi connectivity index (χ0v) is 29.5. The lowest BCUT2D eigenvalue weighted by molar-refractivity contribution is -0.00515. The van der Waals surface area contributed by atoms with Gasteiger partial charge in [-0.05, 0) is 143 Å². The lowest BCUT2D eigenvalue weighted by Crippen LogP contribution is -2.48. The maximum atomic E-state index is 6.82. The Hall–Kier alpha value is -5.08. The van der Waals surface area contributed by atoms with Crippen molar-refractivity contribution in [2.75, 3.05) is 4.90 Å². The van der Waals surface area contributed by atoms with E-state index >= 15 is 0 Å². The van der Waals surface area contributed by atoms with Crippen LogP contribution in [-0.2, 0) is 10.8 Å². The van der Waals surface area contributed by atoms with Gasteiger partial charge >= 0.3 is 0 Å². The molecule has 51 heavy (non-hydrogen) atoms. The Labute approximate surface area is 300 Å². The SMILES string of the molecule is CC1(C)c2ccccc2-c2ccc(N(c3ccc(-c4ccccc4)cc3)c3cccc4oc5cc(C67CC8CC(CC(C8)C6)C7)ccc5c34)cc21. The number of rotatable bonds is 5. The summed E-state index contributed by atoms with van der Waals surface area (Å²) < 4.78 is 6.82. The van der Waals surface area contributed by atoms with Crippen molar-refractivity contribution in [3.8, 4) is 22.3 Å². The standard InChI is InChI=1S/C49H43NO/c1-48(2)42-12-7-6-11-39(42)40-22-20-38(27-43(40)48)50(37-18-15-35(16-19-37)34-9-4-3-5-10-34)44-13-8-14-45-47(44)41-21-17-36(26-46(41)51-45)49-28-31-23-32(29-49)25-33(24-31)30-49/h3-22,26-27,31-33H,23-25,28-30H2,1-2H3. The predicted octanol–water partition coefficient (Wildman–Crippen LogP) is 13.5. The highest BCUT2D eigenvalue weighted by atomic mass is 16.3. The molecule has 0 amide bonds. The van der Waals surface area contributed by atoms with Crippen LogP contribution < -0.4 is 4.90 Å². The van der Waals surface area contributed by atoms with Gasteiger partial charge in [-0.25, -0.2) is 0 Å². The lowest BCUT2D eigenvalue weighted by Gasteiger charge is -2.57. The molecule has 12 rings (SSSR count). The van der Waals surface area contributed by atoms with Crippen molar-refractivity contribution < 1.29 is 4.42 Å². The minimum atomic E-state index is -0.0905. The maximum absolute atomic E-state index is 6.82. The third kappa shape index (κ3) is 4.41. The second kappa shape index (κ2) is 10.7. The molecule has 1 aromatic heterocycles. The van der Waals surface area contributed by atoms with Gasteiger partial charge in [0.15, 0.2) is 0 Å². The number of hydrogen-bond donors (Lipinski definition) is 0. The summed E-state index contributed by atoms with van der Waals surface area (Å²) in [5.41, 5.74) is 15.1. The molecule has 0 N–H and O–H groups in total. The Morgan fingerprint density at radius 2 is 1.22 bits per heavy atom. The molecule has 250 valence electrons. The molecule has 4 saturated carbocycles. The van der Waals surface area contributed by atoms with Crippen LogP contribution in [0.4, 0.5) is 17.1 Å². The molecule has 0 radical (unpaired) electrons. The smallest absolute Gasteiger partial charge is 0.137 e. The first kappa shape index (κ1) is 29.6. The zero-order valence-electron chi connectivity index (χ0n) is 29.5. The summed E-state index contributed by atoms with van der Waals surface area (Å²) in [7, 11) is 0. The van der Waals surface area contributed by atoms with Crippen molar-refractivity contribution in [2.45, 2.75) is 63.2 Å². The van der Waals surface area contributed by atoms with Crippen LogP contribution in [0.1, 0.15) is 69.1 Å². The van der Waals surface area contributed by atoms with Crippen LogP contribution in [0.5, 0.6) is 0 Å². The second-order valence-corrected chi connectivity index (χ2v) is 16.8. The van der Waals surface area contributed by atoms with Crippen molar-refractivity contribution in [3.63, 3.8) is 0 Å². The van der Waals surface area contributed by atoms with Crippen molar-refractivity contribution in [1.29, 1.82) is 0 Å². The number of furan rings is 1. The Morgan fingerprint density at radius 1 is 0.549 bits per heavy atom. The molecule has 4 bridgehead atoms. The molecule has 4 fully saturated rings. The number of benzene rings is 6. The average molecular weight is 662 g/mol. The first-order chi connectivity index (χ1) is 24.9. The molecular formula is C49H43NO. The summed E-state index contributed by atoms with van der Waals surface area (Å²) in [6.45, 7) is 4.73. The normalized spacial score (nSPS) is 23.8. The predicted molar refractivity (Wildman–Crippen MR) is 211 cm³/mol. The molecule has 0 atom stereocenters. The van der Waals surface area contributed by atoms with Gasteiger partial charge in [0.2, 0.25) is 0 Å². The van der Waals surface area contributed by atoms with E-state index in [-0.39, 0.29) is 5.41 Å². The summed E-state index contributed by atoms with van der Waals surface area (Å²) >= 11 is 0. The van der Waals surface area contributed by atoms with Crippen molar-refractivity contribution in [3.05, 3.63) is 150 Å². The van der Waals surface area contributed by atoms with Crippen molar-refractivity contribution >= 4 is 39.0 Å². The minimum Gasteiger partial charge on any atom is -0.456 e. The van der Waals surface area contributed by atoms with Gasteiger partial charge in [0.05, 0.1) is 11.1 Å². The van der Waals surface area contributed by atoms with E-state index in [1.165, 1.54) is 88.2 Å². The highest BCUT2D eigenvalue weighted by molar-refractivity contribution is 6.13. The Kier molecular flexibility index (Phi) is 6.23. The van der Waals surface area contributed by atoms with Crippen LogP contribution in [-0.4, -0.2) is 0 Å². The molecule has 5 aliphatic rings. The average Bonchev–Trinajstić information content (AvgIpc) is 3.64. The monoisotopic (exact) mass is 661 g/mol. The van der Waals surface area contributed by atoms with Crippen LogP contribution in [0.25, 0.3) is 44.2 Å². The van der Waals surface area contributed by atoms with Crippen LogP contribution in [0.15, 0.2) is 138 Å². The van der Waals surface area contributed by atoms with E-state index in [9.17, 15) is 0 Å². The molecule has 2 nitrogen and oxygen atoms in total. The molecule has 2 heteroatoms. The van der Waals surface area contributed by atoms with E-state index in [0.717, 1.165) is 46.0 Å². The van der Waals surface area contributed by atoms with Gasteiger partial charge in [-0.15, -0.1) is 0 Å². The number of hydrogen-bond acceptors (Lipinski definition) is 2. The van der Waals surface area contributed by atoms with Crippen LogP contribution >= 0.6 is 0 Å². The van der Waals surface area contributed by atoms with Gasteiger partial charge in [-0.3, -0.25) is 0 Å². The maximum Gasteiger partial charge on any atom is 0.137 e. The fourth-order valence-electron chi connectivity index (χ4n) is 11.5. The third-order valence-corrected chi connectivity index (χ3v) is 13.4. The van der Waals surface area contributed by atoms with E-state index < -0.39 is 0 Å². The van der Waals surface area contributed by atoms with Gasteiger partial charge in [-0.2, -0.15) is 0 Å². The largest absolute Gasteiger partial charge is 0.456 e. The number of fused-ring (bicyclic) bond motifs is 6. The topological polar surface area (TPSA) is 16.4 Å². The molecular weight excluding hydrogens is 619 g/mol. The first-order valence-electron chi connectivity index (χ1n) is 19.1. The fourth-order valence-corrected chi connectivity index (χ4v) is 11.5. The van der Waals surface area contributed by atoms with Gasteiger partial charge in [0, 0.05) is 22.2 Å². The summed E-state index contributed by atoms with van der Waals surface area (Å²) in [6.07, 6.45) is 8.47. The first-order valence-corrected chi connectivity index (χ1v) is 19.1. The molecule has 0 aliphatic heterocycles. The molecule has 1 heterocycles. The fraction of sp³-hybridized carbons (Fsp3) is 0.265. The van der Waals surface area contributed by atoms with E-state index in [0.29, 0.717) is 5.41 Å². The Morgan fingerprint density at radius 3 is 1.98 bits per heavy atom. The zero-order chi connectivity index (χ0) is 33.9. The minimum absolute atomic E-state index is 0.0905. The Balaban J connectivity index is 1.08. The third-order valence-electron chi connectivity index (χ3n) is 13.4. The molecule has 7 aromatic rings. The molecule has 0 saturated heterocycles. The molecule has 0 spiro atoms. The second-order valence-electron chi connectivity index (χ2n) is 16.8. The molecule has 6 aromatic carbocycles. The molecule has 5 aliphatic carbocycles. The highest BCUT2D eigenvalue weighted by Crippen LogP contribution is 2.61. The van der Waals surface area contributed by atoms with E-state index in [2.05, 4.69) is 152 Å². The summed E-state index contributed by atoms with van der Waals surface area (Å²) in [5.74, 6) is 2.75. The van der Waals surface area contributed by atoms with E-state index in [4.69, 9.17) is 4.42 Å².